The molecule has 2 aromatic heterocycles. The van der Waals surface area contributed by atoms with Crippen molar-refractivity contribution < 1.29 is 9.18 Å². The minimum absolute atomic E-state index is 0.0301. The molecular weight excluding hydrogens is 407 g/mol. The lowest BCUT2D eigenvalue weighted by atomic mass is 10.2. The van der Waals surface area contributed by atoms with Gasteiger partial charge in [-0.1, -0.05) is 0 Å². The third-order valence-corrected chi connectivity index (χ3v) is 6.48. The number of aryl methyl sites for hydroxylation is 1. The fourth-order valence-corrected chi connectivity index (χ4v) is 4.58. The van der Waals surface area contributed by atoms with Crippen LogP contribution < -0.4 is 0 Å². The maximum absolute atomic E-state index is 13.1. The Morgan fingerprint density at radius 2 is 1.86 bits per heavy atom. The molecular formula is C21H21FN4OS2. The van der Waals surface area contributed by atoms with Crippen molar-refractivity contribution in [3.8, 4) is 10.6 Å². The average molecular weight is 429 g/mol. The molecule has 3 aromatic rings. The lowest BCUT2D eigenvalue weighted by Crippen LogP contribution is -2.47. The minimum atomic E-state index is -0.241. The summed E-state index contributed by atoms with van der Waals surface area (Å²) in [4.78, 5) is 25.6. The van der Waals surface area contributed by atoms with Gasteiger partial charge in [0, 0.05) is 55.1 Å². The van der Waals surface area contributed by atoms with E-state index in [0.717, 1.165) is 46.6 Å². The van der Waals surface area contributed by atoms with E-state index in [1.54, 1.807) is 47.0 Å². The number of halogens is 1. The predicted molar refractivity (Wildman–Crippen MR) is 115 cm³/mol. The van der Waals surface area contributed by atoms with Crippen LogP contribution in [0.2, 0.25) is 0 Å². The number of rotatable bonds is 5. The van der Waals surface area contributed by atoms with Crippen molar-refractivity contribution >= 4 is 34.7 Å². The summed E-state index contributed by atoms with van der Waals surface area (Å²) in [5.41, 5.74) is 2.77. The summed E-state index contributed by atoms with van der Waals surface area (Å²) in [7, 11) is 0. The lowest BCUT2D eigenvalue weighted by Gasteiger charge is -2.33. The number of carbonyl (C=O) groups is 1. The van der Waals surface area contributed by atoms with Crippen LogP contribution in [0.5, 0.6) is 0 Å². The second-order valence-electron chi connectivity index (χ2n) is 6.88. The quantitative estimate of drug-likeness (QED) is 0.575. The summed E-state index contributed by atoms with van der Waals surface area (Å²) < 4.78 is 13.1. The van der Waals surface area contributed by atoms with Crippen molar-refractivity contribution in [3.63, 3.8) is 0 Å². The molecule has 0 radical (unpaired) electrons. The number of aromatic nitrogens is 2. The summed E-state index contributed by atoms with van der Waals surface area (Å²) in [5, 5.41) is 5.89. The highest BCUT2D eigenvalue weighted by Gasteiger charge is 2.20. The van der Waals surface area contributed by atoms with Gasteiger partial charge in [-0.3, -0.25) is 9.69 Å². The molecule has 0 aliphatic carbocycles. The minimum Gasteiger partial charge on any atom is -0.337 e. The van der Waals surface area contributed by atoms with Crippen LogP contribution in [-0.2, 0) is 11.3 Å². The van der Waals surface area contributed by atoms with Crippen molar-refractivity contribution in [1.82, 2.24) is 19.8 Å². The molecule has 0 spiro atoms. The van der Waals surface area contributed by atoms with Crippen LogP contribution in [0, 0.1) is 12.7 Å². The summed E-state index contributed by atoms with van der Waals surface area (Å²) in [6.07, 6.45) is 3.39. The largest absolute Gasteiger partial charge is 0.337 e. The third-order valence-electron chi connectivity index (χ3n) is 4.75. The smallest absolute Gasteiger partial charge is 0.246 e. The average Bonchev–Trinajstić information content (AvgIpc) is 3.36. The van der Waals surface area contributed by atoms with Gasteiger partial charge in [-0.15, -0.1) is 22.7 Å². The maximum Gasteiger partial charge on any atom is 0.246 e. The van der Waals surface area contributed by atoms with Gasteiger partial charge in [0.2, 0.25) is 5.91 Å². The number of hydrogen-bond donors (Lipinski definition) is 0. The number of carbonyl (C=O) groups excluding carboxylic acids is 1. The Balaban J connectivity index is 1.28. The highest BCUT2D eigenvalue weighted by molar-refractivity contribution is 7.13. The fraction of sp³-hybridized carbons (Fsp3) is 0.286. The SMILES string of the molecule is Cc1nc(C=CC(=O)N2CCN(Cc3csc(-c4ccc(F)cc4)n3)CC2)cs1. The molecule has 29 heavy (non-hydrogen) atoms. The highest BCUT2D eigenvalue weighted by Crippen LogP contribution is 2.24. The molecule has 1 amide bonds. The van der Waals surface area contributed by atoms with Crippen LogP contribution in [0.4, 0.5) is 4.39 Å². The van der Waals surface area contributed by atoms with Gasteiger partial charge in [0.25, 0.3) is 0 Å². The van der Waals surface area contributed by atoms with Crippen molar-refractivity contribution in [3.05, 3.63) is 63.3 Å². The molecule has 0 N–H and O–H groups in total. The van der Waals surface area contributed by atoms with Gasteiger partial charge in [0.05, 0.1) is 16.4 Å². The van der Waals surface area contributed by atoms with E-state index in [4.69, 9.17) is 0 Å². The second-order valence-corrected chi connectivity index (χ2v) is 8.80. The Bertz CT molecular complexity index is 1000. The molecule has 1 aromatic carbocycles. The first-order chi connectivity index (χ1) is 14.1. The van der Waals surface area contributed by atoms with E-state index < -0.39 is 0 Å². The van der Waals surface area contributed by atoms with Crippen molar-refractivity contribution in [2.24, 2.45) is 0 Å². The molecule has 150 valence electrons. The molecule has 3 heterocycles. The maximum atomic E-state index is 13.1. The van der Waals surface area contributed by atoms with Crippen molar-refractivity contribution in [1.29, 1.82) is 0 Å². The molecule has 0 unspecified atom stereocenters. The van der Waals surface area contributed by atoms with Gasteiger partial charge in [0.1, 0.15) is 10.8 Å². The lowest BCUT2D eigenvalue weighted by molar-refractivity contribution is -0.127. The Labute approximate surface area is 177 Å². The normalized spacial score (nSPS) is 15.3. The molecule has 1 saturated heterocycles. The first-order valence-electron chi connectivity index (χ1n) is 9.38. The van der Waals surface area contributed by atoms with Gasteiger partial charge < -0.3 is 4.90 Å². The zero-order valence-corrected chi connectivity index (χ0v) is 17.7. The number of piperazine rings is 1. The fourth-order valence-electron chi connectivity index (χ4n) is 3.18. The van der Waals surface area contributed by atoms with Gasteiger partial charge in [0.15, 0.2) is 0 Å². The molecule has 8 heteroatoms. The van der Waals surface area contributed by atoms with Crippen LogP contribution in [0.15, 0.2) is 41.1 Å². The number of nitrogens with zero attached hydrogens (tertiary/aromatic N) is 4. The van der Waals surface area contributed by atoms with E-state index in [-0.39, 0.29) is 11.7 Å². The van der Waals surface area contributed by atoms with Crippen LogP contribution in [0.25, 0.3) is 16.6 Å². The van der Waals surface area contributed by atoms with E-state index in [1.165, 1.54) is 12.1 Å². The number of hydrogen-bond acceptors (Lipinski definition) is 6. The first-order valence-corrected chi connectivity index (χ1v) is 11.1. The summed E-state index contributed by atoms with van der Waals surface area (Å²) in [5.74, 6) is -0.211. The van der Waals surface area contributed by atoms with Gasteiger partial charge in [-0.25, -0.2) is 14.4 Å². The number of thiazole rings is 2. The molecule has 1 aliphatic heterocycles. The zero-order chi connectivity index (χ0) is 20.2. The molecule has 1 aliphatic rings. The van der Waals surface area contributed by atoms with E-state index in [2.05, 4.69) is 20.2 Å². The predicted octanol–water partition coefficient (Wildman–Crippen LogP) is 4.07. The Morgan fingerprint density at radius 3 is 2.55 bits per heavy atom. The van der Waals surface area contributed by atoms with Gasteiger partial charge >= 0.3 is 0 Å². The van der Waals surface area contributed by atoms with E-state index in [1.807, 2.05) is 17.2 Å². The Morgan fingerprint density at radius 1 is 1.10 bits per heavy atom. The van der Waals surface area contributed by atoms with E-state index in [0.29, 0.717) is 13.1 Å². The van der Waals surface area contributed by atoms with Crippen molar-refractivity contribution in [2.75, 3.05) is 26.2 Å². The van der Waals surface area contributed by atoms with Gasteiger partial charge in [-0.2, -0.15) is 0 Å². The summed E-state index contributed by atoms with van der Waals surface area (Å²) >= 11 is 3.15. The Hall–Kier alpha value is -2.42. The molecule has 1 fully saturated rings. The monoisotopic (exact) mass is 428 g/mol. The summed E-state index contributed by atoms with van der Waals surface area (Å²) in [6.45, 7) is 5.75. The molecule has 5 nitrogen and oxygen atoms in total. The van der Waals surface area contributed by atoms with Crippen LogP contribution in [0.3, 0.4) is 0 Å². The molecule has 0 bridgehead atoms. The van der Waals surface area contributed by atoms with E-state index >= 15 is 0 Å². The molecule has 0 saturated carbocycles. The van der Waals surface area contributed by atoms with Crippen LogP contribution in [-0.4, -0.2) is 51.9 Å². The van der Waals surface area contributed by atoms with E-state index in [9.17, 15) is 9.18 Å². The first kappa shape index (κ1) is 19.9. The molecule has 4 rings (SSSR count). The van der Waals surface area contributed by atoms with Crippen LogP contribution >= 0.6 is 22.7 Å². The Kier molecular flexibility index (Phi) is 6.13. The second kappa shape index (κ2) is 8.94. The number of benzene rings is 1. The van der Waals surface area contributed by atoms with Gasteiger partial charge in [-0.05, 0) is 37.3 Å². The number of amides is 1. The molecule has 0 atom stereocenters. The van der Waals surface area contributed by atoms with Crippen molar-refractivity contribution in [2.45, 2.75) is 13.5 Å². The zero-order valence-electron chi connectivity index (χ0n) is 16.0. The summed E-state index contributed by atoms with van der Waals surface area (Å²) in [6, 6.07) is 6.42. The van der Waals surface area contributed by atoms with Crippen LogP contribution in [0.1, 0.15) is 16.4 Å². The highest BCUT2D eigenvalue weighted by atomic mass is 32.1. The third kappa shape index (κ3) is 5.14. The topological polar surface area (TPSA) is 49.3 Å². The standard InChI is InChI=1S/C21H21FN4OS2/c1-15-23-18(13-28-15)6-7-20(27)26-10-8-25(9-11-26)12-19-14-29-21(24-19)16-2-4-17(22)5-3-16/h2-7,13-14H,8-12H2,1H3.